The molecule has 3 amide bonds. The van der Waals surface area contributed by atoms with Gasteiger partial charge in [0, 0.05) is 13.1 Å². The number of rotatable bonds is 10. The molecule has 0 bridgehead atoms. The zero-order valence-corrected chi connectivity index (χ0v) is 20.7. The standard InChI is InChI=1S/C25H42N4O4/c1-5-7-13-17(21(30)23(32)27-6-2)28-22(31)20-18-16(25(18,3)4)14-29(20)24(33)19(26)15-11-9-8-10-12-15/h15-20H,5-14,26H2,1-4H3,(H,27,32)(H,28,31)/t16-,17?,18-,19-,20-/m0/s1. The molecule has 8 nitrogen and oxygen atoms in total. The van der Waals surface area contributed by atoms with Crippen molar-refractivity contribution in [3.63, 3.8) is 0 Å². The zero-order chi connectivity index (χ0) is 24.3. The van der Waals surface area contributed by atoms with Crippen molar-refractivity contribution in [3.8, 4) is 0 Å². The van der Waals surface area contributed by atoms with Gasteiger partial charge in [-0.3, -0.25) is 19.2 Å². The lowest BCUT2D eigenvalue weighted by atomic mass is 9.83. The summed E-state index contributed by atoms with van der Waals surface area (Å²) in [5, 5.41) is 5.38. The number of fused-ring (bicyclic) bond motifs is 1. The maximum absolute atomic E-state index is 13.5. The van der Waals surface area contributed by atoms with Crippen molar-refractivity contribution in [1.29, 1.82) is 0 Å². The highest BCUT2D eigenvalue weighted by molar-refractivity contribution is 6.38. The van der Waals surface area contributed by atoms with E-state index in [0.29, 0.717) is 25.9 Å². The number of likely N-dealkylation sites (N-methyl/N-ethyl adjacent to an activating group) is 1. The van der Waals surface area contributed by atoms with Crippen molar-refractivity contribution in [2.45, 2.75) is 97.2 Å². The first-order valence-electron chi connectivity index (χ1n) is 12.8. The molecule has 2 saturated carbocycles. The maximum Gasteiger partial charge on any atom is 0.289 e. The third-order valence-corrected chi connectivity index (χ3v) is 8.24. The maximum atomic E-state index is 13.5. The van der Waals surface area contributed by atoms with Crippen LogP contribution in [0.1, 0.15) is 79.1 Å². The van der Waals surface area contributed by atoms with Gasteiger partial charge in [0.1, 0.15) is 6.04 Å². The number of Topliss-reactive ketones (excluding diaryl/α,β-unsaturated/α-hetero) is 1. The van der Waals surface area contributed by atoms with Gasteiger partial charge in [0.25, 0.3) is 5.91 Å². The molecule has 4 N–H and O–H groups in total. The molecule has 1 aliphatic heterocycles. The monoisotopic (exact) mass is 462 g/mol. The largest absolute Gasteiger partial charge is 0.350 e. The molecule has 8 heteroatoms. The first-order valence-corrected chi connectivity index (χ1v) is 12.8. The number of nitrogens with one attached hydrogen (secondary N) is 2. The van der Waals surface area contributed by atoms with Crippen LogP contribution in [0.15, 0.2) is 0 Å². The number of carbonyl (C=O) groups is 4. The van der Waals surface area contributed by atoms with Gasteiger partial charge in [-0.15, -0.1) is 0 Å². The van der Waals surface area contributed by atoms with E-state index in [-0.39, 0.29) is 35.0 Å². The SMILES string of the molecule is CCCCC(NC(=O)[C@@H]1[C@@H]2[C@H](CN1C(=O)[C@@H](N)C1CCCCC1)C2(C)C)C(=O)C(=O)NCC. The van der Waals surface area contributed by atoms with Crippen molar-refractivity contribution in [3.05, 3.63) is 0 Å². The predicted octanol–water partition coefficient (Wildman–Crippen LogP) is 1.76. The Kier molecular flexibility index (Phi) is 8.19. The van der Waals surface area contributed by atoms with E-state index in [1.54, 1.807) is 11.8 Å². The van der Waals surface area contributed by atoms with Crippen LogP contribution < -0.4 is 16.4 Å². The molecule has 3 fully saturated rings. The fourth-order valence-corrected chi connectivity index (χ4v) is 6.04. The number of piperidine rings is 1. The molecule has 0 aromatic rings. The summed E-state index contributed by atoms with van der Waals surface area (Å²) in [6.07, 6.45) is 7.24. The van der Waals surface area contributed by atoms with Crippen molar-refractivity contribution >= 4 is 23.5 Å². The van der Waals surface area contributed by atoms with E-state index >= 15 is 0 Å². The average Bonchev–Trinajstić information content (AvgIpc) is 3.14. The summed E-state index contributed by atoms with van der Waals surface area (Å²) >= 11 is 0. The van der Waals surface area contributed by atoms with E-state index in [2.05, 4.69) is 24.5 Å². The third kappa shape index (κ3) is 5.26. The summed E-state index contributed by atoms with van der Waals surface area (Å²) in [6.45, 7) is 8.87. The lowest BCUT2D eigenvalue weighted by molar-refractivity contribution is -0.144. The van der Waals surface area contributed by atoms with Crippen LogP contribution in [0.2, 0.25) is 0 Å². The molecule has 0 aromatic heterocycles. The van der Waals surface area contributed by atoms with Gasteiger partial charge in [-0.05, 0) is 49.4 Å². The Morgan fingerprint density at radius 3 is 2.36 bits per heavy atom. The summed E-state index contributed by atoms with van der Waals surface area (Å²) in [6, 6.07) is -2.11. The first kappa shape index (κ1) is 25.7. The minimum absolute atomic E-state index is 0.0315. The molecule has 1 saturated heterocycles. The van der Waals surface area contributed by atoms with Crippen LogP contribution in [0.5, 0.6) is 0 Å². The molecule has 3 aliphatic rings. The molecular formula is C25H42N4O4. The van der Waals surface area contributed by atoms with E-state index in [1.807, 2.05) is 6.92 Å². The van der Waals surface area contributed by atoms with Gasteiger partial charge in [0.05, 0.1) is 12.1 Å². The zero-order valence-electron chi connectivity index (χ0n) is 20.7. The van der Waals surface area contributed by atoms with Crippen LogP contribution in [-0.4, -0.2) is 59.6 Å². The second-order valence-corrected chi connectivity index (χ2v) is 10.7. The molecule has 5 atom stereocenters. The Bertz CT molecular complexity index is 762. The summed E-state index contributed by atoms with van der Waals surface area (Å²) in [4.78, 5) is 53.5. The van der Waals surface area contributed by atoms with Crippen molar-refractivity contribution in [1.82, 2.24) is 15.5 Å². The van der Waals surface area contributed by atoms with Gasteiger partial charge < -0.3 is 21.3 Å². The van der Waals surface area contributed by atoms with Gasteiger partial charge in [-0.2, -0.15) is 0 Å². The Labute approximate surface area is 197 Å². The van der Waals surface area contributed by atoms with Crippen LogP contribution in [0, 0.1) is 23.2 Å². The Balaban J connectivity index is 1.75. The molecule has 33 heavy (non-hydrogen) atoms. The highest BCUT2D eigenvalue weighted by Gasteiger charge is 2.69. The summed E-state index contributed by atoms with van der Waals surface area (Å²) in [5.74, 6) is -1.32. The highest BCUT2D eigenvalue weighted by Crippen LogP contribution is 2.65. The second kappa shape index (κ2) is 10.5. The average molecular weight is 463 g/mol. The number of ketones is 1. The van der Waals surface area contributed by atoms with Crippen LogP contribution in [0.4, 0.5) is 0 Å². The number of unbranched alkanes of at least 4 members (excludes halogenated alkanes) is 1. The summed E-state index contributed by atoms with van der Waals surface area (Å²) < 4.78 is 0. The van der Waals surface area contributed by atoms with E-state index in [1.165, 1.54) is 6.42 Å². The fourth-order valence-electron chi connectivity index (χ4n) is 6.04. The highest BCUT2D eigenvalue weighted by atomic mass is 16.2. The molecule has 0 spiro atoms. The van der Waals surface area contributed by atoms with Crippen LogP contribution in [0.3, 0.4) is 0 Å². The number of carbonyl (C=O) groups excluding carboxylic acids is 4. The molecule has 186 valence electrons. The topological polar surface area (TPSA) is 122 Å². The Morgan fingerprint density at radius 1 is 1.09 bits per heavy atom. The van der Waals surface area contributed by atoms with Crippen molar-refractivity contribution in [2.75, 3.05) is 13.1 Å². The summed E-state index contributed by atoms with van der Waals surface area (Å²) in [5.41, 5.74) is 6.39. The minimum Gasteiger partial charge on any atom is -0.350 e. The molecule has 0 aromatic carbocycles. The number of nitrogens with two attached hydrogens (primary N) is 1. The van der Waals surface area contributed by atoms with E-state index in [9.17, 15) is 19.2 Å². The van der Waals surface area contributed by atoms with E-state index in [0.717, 1.165) is 32.1 Å². The smallest absolute Gasteiger partial charge is 0.289 e. The van der Waals surface area contributed by atoms with Crippen LogP contribution in [-0.2, 0) is 19.2 Å². The number of nitrogens with zero attached hydrogens (tertiary/aromatic N) is 1. The van der Waals surface area contributed by atoms with Gasteiger partial charge in [0.15, 0.2) is 0 Å². The molecule has 1 heterocycles. The second-order valence-electron chi connectivity index (χ2n) is 10.7. The van der Waals surface area contributed by atoms with E-state index < -0.39 is 29.8 Å². The third-order valence-electron chi connectivity index (χ3n) is 8.24. The Hall–Kier alpha value is -1.96. The van der Waals surface area contributed by atoms with E-state index in [4.69, 9.17) is 5.73 Å². The lowest BCUT2D eigenvalue weighted by Crippen LogP contribution is -2.58. The number of likely N-dealkylation sites (tertiary alicyclic amines) is 1. The van der Waals surface area contributed by atoms with Crippen molar-refractivity contribution in [2.24, 2.45) is 28.9 Å². The number of amides is 3. The number of hydrogen-bond donors (Lipinski definition) is 3. The predicted molar refractivity (Wildman–Crippen MR) is 126 cm³/mol. The fraction of sp³-hybridized carbons (Fsp3) is 0.840. The van der Waals surface area contributed by atoms with Crippen LogP contribution in [0.25, 0.3) is 0 Å². The Morgan fingerprint density at radius 2 is 1.76 bits per heavy atom. The van der Waals surface area contributed by atoms with Crippen LogP contribution >= 0.6 is 0 Å². The van der Waals surface area contributed by atoms with Gasteiger partial charge >= 0.3 is 0 Å². The lowest BCUT2D eigenvalue weighted by Gasteiger charge is -2.35. The normalized spacial score (nSPS) is 27.9. The molecule has 3 rings (SSSR count). The minimum atomic E-state index is -0.881. The first-order chi connectivity index (χ1) is 15.6. The molecule has 0 radical (unpaired) electrons. The molecule has 2 aliphatic carbocycles. The van der Waals surface area contributed by atoms with Gasteiger partial charge in [-0.1, -0.05) is 52.9 Å². The van der Waals surface area contributed by atoms with Gasteiger partial charge in [-0.25, -0.2) is 0 Å². The molecular weight excluding hydrogens is 420 g/mol. The summed E-state index contributed by atoms with van der Waals surface area (Å²) in [7, 11) is 0. The number of hydrogen-bond acceptors (Lipinski definition) is 5. The van der Waals surface area contributed by atoms with Crippen molar-refractivity contribution < 1.29 is 19.2 Å². The quantitative estimate of drug-likeness (QED) is 0.427. The van der Waals surface area contributed by atoms with Gasteiger partial charge in [0.2, 0.25) is 17.6 Å². The molecule has 1 unspecified atom stereocenters.